The Kier molecular flexibility index (Phi) is 4.58. The van der Waals surface area contributed by atoms with Crippen molar-refractivity contribution in [1.82, 2.24) is 0 Å². The van der Waals surface area contributed by atoms with Crippen molar-refractivity contribution in [1.29, 1.82) is 0 Å². The first-order valence-corrected chi connectivity index (χ1v) is 6.02. The zero-order chi connectivity index (χ0) is 10.4. The van der Waals surface area contributed by atoms with E-state index in [9.17, 15) is 5.11 Å². The molecule has 0 aromatic carbocycles. The van der Waals surface area contributed by atoms with Gasteiger partial charge >= 0.3 is 0 Å². The van der Waals surface area contributed by atoms with Gasteiger partial charge in [0.25, 0.3) is 0 Å². The molecule has 3 heteroatoms. The van der Waals surface area contributed by atoms with Gasteiger partial charge in [0.15, 0.2) is 0 Å². The largest absolute Gasteiger partial charge is 0.396 e. The molecule has 1 aromatic rings. The predicted molar refractivity (Wildman–Crippen MR) is 61.5 cm³/mol. The summed E-state index contributed by atoms with van der Waals surface area (Å²) < 4.78 is 0. The molecule has 2 nitrogen and oxygen atoms in total. The van der Waals surface area contributed by atoms with Gasteiger partial charge in [-0.1, -0.05) is 13.3 Å². The van der Waals surface area contributed by atoms with Crippen LogP contribution in [0.15, 0.2) is 16.8 Å². The van der Waals surface area contributed by atoms with E-state index in [0.29, 0.717) is 6.54 Å². The average Bonchev–Trinajstić information content (AvgIpc) is 2.69. The lowest BCUT2D eigenvalue weighted by atomic mass is 9.79. The standard InChI is InChI=1S/C11H19NOS/c1-2-4-11(8-12,9-13)6-10-3-5-14-7-10/h3,5,7,13H,2,4,6,8-9,12H2,1H3. The van der Waals surface area contributed by atoms with Gasteiger partial charge in [0.2, 0.25) is 0 Å². The number of thiophene rings is 1. The Balaban J connectivity index is 2.67. The van der Waals surface area contributed by atoms with E-state index in [1.807, 2.05) is 0 Å². The molecule has 0 amide bonds. The van der Waals surface area contributed by atoms with E-state index in [-0.39, 0.29) is 12.0 Å². The van der Waals surface area contributed by atoms with E-state index in [2.05, 4.69) is 23.8 Å². The molecule has 0 aliphatic carbocycles. The molecule has 80 valence electrons. The minimum Gasteiger partial charge on any atom is -0.396 e. The molecule has 1 unspecified atom stereocenters. The molecule has 0 spiro atoms. The summed E-state index contributed by atoms with van der Waals surface area (Å²) in [6.07, 6.45) is 2.97. The lowest BCUT2D eigenvalue weighted by Gasteiger charge is -2.29. The molecular formula is C11H19NOS. The van der Waals surface area contributed by atoms with Crippen LogP contribution in [-0.4, -0.2) is 18.3 Å². The van der Waals surface area contributed by atoms with E-state index in [0.717, 1.165) is 19.3 Å². The van der Waals surface area contributed by atoms with E-state index >= 15 is 0 Å². The number of nitrogens with two attached hydrogens (primary N) is 1. The molecule has 14 heavy (non-hydrogen) atoms. The van der Waals surface area contributed by atoms with Crippen LogP contribution in [0.3, 0.4) is 0 Å². The topological polar surface area (TPSA) is 46.2 Å². The second kappa shape index (κ2) is 5.49. The number of aliphatic hydroxyl groups excluding tert-OH is 1. The summed E-state index contributed by atoms with van der Waals surface area (Å²) in [5.74, 6) is 0. The van der Waals surface area contributed by atoms with Crippen molar-refractivity contribution in [2.24, 2.45) is 11.1 Å². The van der Waals surface area contributed by atoms with Crippen LogP contribution in [0.5, 0.6) is 0 Å². The summed E-state index contributed by atoms with van der Waals surface area (Å²) in [6.45, 7) is 2.88. The number of aliphatic hydroxyl groups is 1. The van der Waals surface area contributed by atoms with Crippen LogP contribution in [0, 0.1) is 5.41 Å². The SMILES string of the molecule is CCCC(CN)(CO)Cc1ccsc1. The molecule has 0 radical (unpaired) electrons. The van der Waals surface area contributed by atoms with Crippen molar-refractivity contribution >= 4 is 11.3 Å². The van der Waals surface area contributed by atoms with Crippen molar-refractivity contribution in [2.75, 3.05) is 13.2 Å². The van der Waals surface area contributed by atoms with Gasteiger partial charge < -0.3 is 10.8 Å². The summed E-state index contributed by atoms with van der Waals surface area (Å²) in [7, 11) is 0. The molecule has 1 heterocycles. The number of rotatable bonds is 6. The first-order valence-electron chi connectivity index (χ1n) is 5.08. The quantitative estimate of drug-likeness (QED) is 0.759. The fraction of sp³-hybridized carbons (Fsp3) is 0.636. The third-order valence-corrected chi connectivity index (χ3v) is 3.44. The monoisotopic (exact) mass is 213 g/mol. The first kappa shape index (κ1) is 11.7. The summed E-state index contributed by atoms with van der Waals surface area (Å²) in [5.41, 5.74) is 6.96. The fourth-order valence-electron chi connectivity index (χ4n) is 1.82. The van der Waals surface area contributed by atoms with Crippen molar-refractivity contribution < 1.29 is 5.11 Å². The summed E-state index contributed by atoms with van der Waals surface area (Å²) >= 11 is 1.70. The Morgan fingerprint density at radius 2 is 2.36 bits per heavy atom. The zero-order valence-corrected chi connectivity index (χ0v) is 9.52. The van der Waals surface area contributed by atoms with Gasteiger partial charge in [-0.2, -0.15) is 11.3 Å². The van der Waals surface area contributed by atoms with Gasteiger partial charge in [0.1, 0.15) is 0 Å². The highest BCUT2D eigenvalue weighted by atomic mass is 32.1. The van der Waals surface area contributed by atoms with Gasteiger partial charge in [-0.15, -0.1) is 0 Å². The highest BCUT2D eigenvalue weighted by molar-refractivity contribution is 7.07. The minimum absolute atomic E-state index is 0.101. The molecular weight excluding hydrogens is 194 g/mol. The molecule has 1 aromatic heterocycles. The smallest absolute Gasteiger partial charge is 0.0502 e. The second-order valence-corrected chi connectivity index (χ2v) is 4.70. The summed E-state index contributed by atoms with van der Waals surface area (Å²) in [5, 5.41) is 13.6. The zero-order valence-electron chi connectivity index (χ0n) is 8.70. The molecule has 3 N–H and O–H groups in total. The normalized spacial score (nSPS) is 15.4. The Morgan fingerprint density at radius 1 is 1.57 bits per heavy atom. The molecule has 0 saturated heterocycles. The lowest BCUT2D eigenvalue weighted by molar-refractivity contribution is 0.121. The van der Waals surface area contributed by atoms with Crippen molar-refractivity contribution in [3.05, 3.63) is 22.4 Å². The van der Waals surface area contributed by atoms with E-state index < -0.39 is 0 Å². The molecule has 0 aliphatic heterocycles. The lowest BCUT2D eigenvalue weighted by Crippen LogP contribution is -2.36. The van der Waals surface area contributed by atoms with Crippen LogP contribution in [0.2, 0.25) is 0 Å². The maximum absolute atomic E-state index is 9.43. The van der Waals surface area contributed by atoms with Crippen LogP contribution < -0.4 is 5.73 Å². The summed E-state index contributed by atoms with van der Waals surface area (Å²) in [4.78, 5) is 0. The fourth-order valence-corrected chi connectivity index (χ4v) is 2.49. The minimum atomic E-state index is -0.101. The molecule has 1 rings (SSSR count). The molecule has 0 fully saturated rings. The Labute approximate surface area is 89.8 Å². The number of hydrogen-bond acceptors (Lipinski definition) is 3. The van der Waals surface area contributed by atoms with Crippen LogP contribution >= 0.6 is 11.3 Å². The van der Waals surface area contributed by atoms with Gasteiger partial charge in [-0.05, 0) is 35.2 Å². The van der Waals surface area contributed by atoms with Gasteiger partial charge in [-0.3, -0.25) is 0 Å². The van der Waals surface area contributed by atoms with Gasteiger partial charge in [0.05, 0.1) is 6.61 Å². The van der Waals surface area contributed by atoms with Crippen LogP contribution in [0.25, 0.3) is 0 Å². The van der Waals surface area contributed by atoms with Crippen LogP contribution in [0.4, 0.5) is 0 Å². The van der Waals surface area contributed by atoms with Crippen molar-refractivity contribution in [2.45, 2.75) is 26.2 Å². The van der Waals surface area contributed by atoms with E-state index in [1.54, 1.807) is 11.3 Å². The van der Waals surface area contributed by atoms with Crippen molar-refractivity contribution in [3.63, 3.8) is 0 Å². The first-order chi connectivity index (χ1) is 6.76. The van der Waals surface area contributed by atoms with Crippen LogP contribution in [-0.2, 0) is 6.42 Å². The van der Waals surface area contributed by atoms with Gasteiger partial charge in [0, 0.05) is 12.0 Å². The van der Waals surface area contributed by atoms with Crippen molar-refractivity contribution in [3.8, 4) is 0 Å². The predicted octanol–water partition coefficient (Wildman–Crippen LogP) is 2.03. The third-order valence-electron chi connectivity index (χ3n) is 2.71. The van der Waals surface area contributed by atoms with E-state index in [1.165, 1.54) is 5.56 Å². The maximum atomic E-state index is 9.43. The molecule has 0 saturated carbocycles. The third kappa shape index (κ3) is 2.80. The summed E-state index contributed by atoms with van der Waals surface area (Å²) in [6, 6.07) is 2.11. The Hall–Kier alpha value is -0.380. The number of hydrogen-bond donors (Lipinski definition) is 2. The Morgan fingerprint density at radius 3 is 2.79 bits per heavy atom. The molecule has 0 bridgehead atoms. The second-order valence-electron chi connectivity index (χ2n) is 3.92. The molecule has 0 aliphatic rings. The highest BCUT2D eigenvalue weighted by Crippen LogP contribution is 2.27. The van der Waals surface area contributed by atoms with E-state index in [4.69, 9.17) is 5.73 Å². The Bertz CT molecular complexity index is 242. The highest BCUT2D eigenvalue weighted by Gasteiger charge is 2.27. The maximum Gasteiger partial charge on any atom is 0.0502 e. The molecule has 1 atom stereocenters. The van der Waals surface area contributed by atoms with Crippen LogP contribution in [0.1, 0.15) is 25.3 Å². The average molecular weight is 213 g/mol. The van der Waals surface area contributed by atoms with Gasteiger partial charge in [-0.25, -0.2) is 0 Å².